The first kappa shape index (κ1) is 9.64. The van der Waals surface area contributed by atoms with Gasteiger partial charge in [0.15, 0.2) is 11.6 Å². The Balaban J connectivity index is 2.48. The largest absolute Gasteiger partial charge is 0.368 e. The number of rotatable bonds is 3. The molecule has 0 aliphatic carbocycles. The van der Waals surface area contributed by atoms with E-state index in [1.807, 2.05) is 24.7 Å². The molecular weight excluding hydrogens is 190 g/mol. The van der Waals surface area contributed by atoms with Gasteiger partial charge in [-0.25, -0.2) is 15.0 Å². The Morgan fingerprint density at radius 1 is 1.20 bits per heavy atom. The van der Waals surface area contributed by atoms with E-state index >= 15 is 0 Å². The molecule has 0 amide bonds. The molecule has 78 valence electrons. The van der Waals surface area contributed by atoms with Gasteiger partial charge in [-0.1, -0.05) is 0 Å². The van der Waals surface area contributed by atoms with Gasteiger partial charge in [-0.3, -0.25) is 0 Å². The minimum Gasteiger partial charge on any atom is -0.368 e. The van der Waals surface area contributed by atoms with Crippen LogP contribution < -0.4 is 5.32 Å². The molecular formula is C10H13N5. The van der Waals surface area contributed by atoms with Gasteiger partial charge in [-0.2, -0.15) is 0 Å². The van der Waals surface area contributed by atoms with Gasteiger partial charge in [-0.15, -0.1) is 0 Å². The number of nitrogens with one attached hydrogen (secondary N) is 1. The Morgan fingerprint density at radius 3 is 2.67 bits per heavy atom. The van der Waals surface area contributed by atoms with E-state index in [1.54, 1.807) is 18.6 Å². The van der Waals surface area contributed by atoms with Crippen LogP contribution >= 0.6 is 0 Å². The number of hydrogen-bond donors (Lipinski definition) is 1. The maximum atomic E-state index is 4.29. The van der Waals surface area contributed by atoms with Crippen LogP contribution in [0.5, 0.6) is 0 Å². The molecule has 0 fully saturated rings. The van der Waals surface area contributed by atoms with Crippen molar-refractivity contribution in [3.05, 3.63) is 24.8 Å². The predicted octanol–water partition coefficient (Wildman–Crippen LogP) is 1.31. The molecule has 0 atom stereocenters. The summed E-state index contributed by atoms with van der Waals surface area (Å²) in [6.45, 7) is 2.84. The van der Waals surface area contributed by atoms with Crippen molar-refractivity contribution in [2.24, 2.45) is 7.05 Å². The first-order chi connectivity index (χ1) is 7.33. The number of imidazole rings is 1. The fourth-order valence-electron chi connectivity index (χ4n) is 1.39. The molecule has 1 N–H and O–H groups in total. The van der Waals surface area contributed by atoms with E-state index in [4.69, 9.17) is 0 Å². The molecule has 5 heteroatoms. The lowest BCUT2D eigenvalue weighted by molar-refractivity contribution is 0.914. The van der Waals surface area contributed by atoms with E-state index in [2.05, 4.69) is 20.3 Å². The minimum atomic E-state index is 0.773. The molecule has 0 aliphatic rings. The van der Waals surface area contributed by atoms with E-state index in [1.165, 1.54) is 0 Å². The Labute approximate surface area is 88.2 Å². The second-order valence-electron chi connectivity index (χ2n) is 3.15. The Kier molecular flexibility index (Phi) is 2.62. The third-order valence-corrected chi connectivity index (χ3v) is 2.08. The molecule has 15 heavy (non-hydrogen) atoms. The fourth-order valence-corrected chi connectivity index (χ4v) is 1.39. The standard InChI is InChI=1S/C10H13N5/c1-3-11-9-8(12-4-5-13-9)10-14-6-7-15(10)2/h4-7H,3H2,1-2H3,(H,11,13). The number of nitrogens with zero attached hydrogens (tertiary/aromatic N) is 4. The highest BCUT2D eigenvalue weighted by atomic mass is 15.1. The summed E-state index contributed by atoms with van der Waals surface area (Å²) in [5.41, 5.74) is 0.784. The zero-order chi connectivity index (χ0) is 10.7. The molecule has 0 saturated heterocycles. The molecule has 2 heterocycles. The zero-order valence-electron chi connectivity index (χ0n) is 8.81. The summed E-state index contributed by atoms with van der Waals surface area (Å²) in [7, 11) is 1.94. The highest BCUT2D eigenvalue weighted by Gasteiger charge is 2.10. The molecule has 0 radical (unpaired) electrons. The van der Waals surface area contributed by atoms with Crippen molar-refractivity contribution in [1.29, 1.82) is 0 Å². The summed E-state index contributed by atoms with van der Waals surface area (Å²) in [4.78, 5) is 12.8. The van der Waals surface area contributed by atoms with Crippen LogP contribution in [0.15, 0.2) is 24.8 Å². The van der Waals surface area contributed by atoms with Gasteiger partial charge in [0.05, 0.1) is 0 Å². The van der Waals surface area contributed by atoms with Gasteiger partial charge in [0.25, 0.3) is 0 Å². The molecule has 0 aliphatic heterocycles. The van der Waals surface area contributed by atoms with Crippen LogP contribution in [0.2, 0.25) is 0 Å². The maximum Gasteiger partial charge on any atom is 0.162 e. The number of aryl methyl sites for hydroxylation is 1. The smallest absolute Gasteiger partial charge is 0.162 e. The Morgan fingerprint density at radius 2 is 2.00 bits per heavy atom. The quantitative estimate of drug-likeness (QED) is 0.817. The van der Waals surface area contributed by atoms with Gasteiger partial charge in [-0.05, 0) is 6.92 Å². The van der Waals surface area contributed by atoms with Crippen molar-refractivity contribution < 1.29 is 0 Å². The van der Waals surface area contributed by atoms with E-state index in [-0.39, 0.29) is 0 Å². The normalized spacial score (nSPS) is 10.3. The molecule has 0 spiro atoms. The van der Waals surface area contributed by atoms with Crippen molar-refractivity contribution in [3.63, 3.8) is 0 Å². The van der Waals surface area contributed by atoms with Crippen LogP contribution in [0.3, 0.4) is 0 Å². The monoisotopic (exact) mass is 203 g/mol. The third-order valence-electron chi connectivity index (χ3n) is 2.08. The first-order valence-electron chi connectivity index (χ1n) is 4.85. The van der Waals surface area contributed by atoms with Crippen molar-refractivity contribution >= 4 is 5.82 Å². The SMILES string of the molecule is CCNc1nccnc1-c1nccn1C. The van der Waals surface area contributed by atoms with Crippen LogP contribution in [0, 0.1) is 0 Å². The summed E-state index contributed by atoms with van der Waals surface area (Å²) in [5.74, 6) is 1.59. The van der Waals surface area contributed by atoms with Crippen molar-refractivity contribution in [3.8, 4) is 11.5 Å². The molecule has 2 aromatic rings. The Bertz CT molecular complexity index is 449. The lowest BCUT2D eigenvalue weighted by Gasteiger charge is -2.07. The van der Waals surface area contributed by atoms with E-state index in [0.717, 1.165) is 23.9 Å². The van der Waals surface area contributed by atoms with Crippen LogP contribution in [0.1, 0.15) is 6.92 Å². The lowest BCUT2D eigenvalue weighted by Crippen LogP contribution is -2.04. The van der Waals surface area contributed by atoms with Crippen molar-refractivity contribution in [1.82, 2.24) is 19.5 Å². The number of aromatic nitrogens is 4. The summed E-state index contributed by atoms with van der Waals surface area (Å²) < 4.78 is 1.92. The highest BCUT2D eigenvalue weighted by Crippen LogP contribution is 2.20. The molecule has 0 bridgehead atoms. The van der Waals surface area contributed by atoms with Crippen molar-refractivity contribution in [2.45, 2.75) is 6.92 Å². The number of anilines is 1. The van der Waals surface area contributed by atoms with Crippen LogP contribution in [-0.4, -0.2) is 26.1 Å². The number of hydrogen-bond acceptors (Lipinski definition) is 4. The molecule has 2 rings (SSSR count). The summed E-state index contributed by atoms with van der Waals surface area (Å²) in [6.07, 6.45) is 6.98. The first-order valence-corrected chi connectivity index (χ1v) is 4.85. The van der Waals surface area contributed by atoms with Crippen LogP contribution in [0.25, 0.3) is 11.5 Å². The average Bonchev–Trinajstić information content (AvgIpc) is 2.66. The van der Waals surface area contributed by atoms with Crippen molar-refractivity contribution in [2.75, 3.05) is 11.9 Å². The topological polar surface area (TPSA) is 55.6 Å². The second kappa shape index (κ2) is 4.08. The molecule has 0 aromatic carbocycles. The van der Waals surface area contributed by atoms with E-state index < -0.39 is 0 Å². The van der Waals surface area contributed by atoms with Gasteiger partial charge in [0.2, 0.25) is 0 Å². The second-order valence-corrected chi connectivity index (χ2v) is 3.15. The van der Waals surface area contributed by atoms with Gasteiger partial charge >= 0.3 is 0 Å². The third kappa shape index (κ3) is 1.81. The molecule has 0 unspecified atom stereocenters. The lowest BCUT2D eigenvalue weighted by atomic mass is 10.3. The maximum absolute atomic E-state index is 4.29. The van der Waals surface area contributed by atoms with Crippen LogP contribution in [-0.2, 0) is 7.05 Å². The average molecular weight is 203 g/mol. The van der Waals surface area contributed by atoms with Crippen LogP contribution in [0.4, 0.5) is 5.82 Å². The minimum absolute atomic E-state index is 0.773. The summed E-state index contributed by atoms with van der Waals surface area (Å²) in [5, 5.41) is 3.16. The zero-order valence-corrected chi connectivity index (χ0v) is 8.81. The van der Waals surface area contributed by atoms with Gasteiger partial charge in [0, 0.05) is 38.4 Å². The molecule has 2 aromatic heterocycles. The fraction of sp³-hybridized carbons (Fsp3) is 0.300. The predicted molar refractivity (Wildman–Crippen MR) is 58.4 cm³/mol. The molecule has 5 nitrogen and oxygen atoms in total. The van der Waals surface area contributed by atoms with Gasteiger partial charge < -0.3 is 9.88 Å². The van der Waals surface area contributed by atoms with E-state index in [9.17, 15) is 0 Å². The van der Waals surface area contributed by atoms with E-state index in [0.29, 0.717) is 0 Å². The molecule has 0 saturated carbocycles. The summed E-state index contributed by atoms with van der Waals surface area (Å²) in [6, 6.07) is 0. The Hall–Kier alpha value is -1.91. The van der Waals surface area contributed by atoms with Gasteiger partial charge in [0.1, 0.15) is 5.69 Å². The summed E-state index contributed by atoms with van der Waals surface area (Å²) >= 11 is 0. The highest BCUT2D eigenvalue weighted by molar-refractivity contribution is 5.65.